The van der Waals surface area contributed by atoms with E-state index in [2.05, 4.69) is 0 Å². The number of carbonyl (C=O) groups excluding carboxylic acids is 1. The predicted octanol–water partition coefficient (Wildman–Crippen LogP) is 1.91. The van der Waals surface area contributed by atoms with Crippen molar-refractivity contribution in [2.45, 2.75) is 33.2 Å². The Morgan fingerprint density at radius 1 is 1.42 bits per heavy atom. The first kappa shape index (κ1) is 15.5. The van der Waals surface area contributed by atoms with E-state index in [-0.39, 0.29) is 18.6 Å². The van der Waals surface area contributed by atoms with E-state index in [9.17, 15) is 4.79 Å². The number of aryl methyl sites for hydroxylation is 1. The summed E-state index contributed by atoms with van der Waals surface area (Å²) >= 11 is 0. The van der Waals surface area contributed by atoms with Crippen molar-refractivity contribution in [3.05, 3.63) is 29.3 Å². The third-order valence-corrected chi connectivity index (χ3v) is 3.45. The molecule has 1 atom stereocenters. The summed E-state index contributed by atoms with van der Waals surface area (Å²) < 4.78 is 5.64. The van der Waals surface area contributed by atoms with Crippen LogP contribution in [0.5, 0.6) is 5.75 Å². The van der Waals surface area contributed by atoms with E-state index in [1.54, 1.807) is 11.9 Å². The van der Waals surface area contributed by atoms with E-state index in [4.69, 9.17) is 9.84 Å². The van der Waals surface area contributed by atoms with Gasteiger partial charge < -0.3 is 14.7 Å². The number of ether oxygens (including phenoxy) is 1. The summed E-state index contributed by atoms with van der Waals surface area (Å²) in [7, 11) is 1.70. The molecule has 1 aromatic carbocycles. The van der Waals surface area contributed by atoms with Gasteiger partial charge in [0.05, 0.1) is 25.7 Å². The Hall–Kier alpha value is -1.55. The number of nitrogens with zero attached hydrogens (tertiary/aromatic N) is 1. The fourth-order valence-corrected chi connectivity index (χ4v) is 1.67. The monoisotopic (exact) mass is 265 g/mol. The fraction of sp³-hybridized carbons (Fsp3) is 0.533. The third-order valence-electron chi connectivity index (χ3n) is 3.45. The molecule has 4 nitrogen and oxygen atoms in total. The molecule has 4 heteroatoms. The van der Waals surface area contributed by atoms with E-state index in [1.165, 1.54) is 5.56 Å². The molecule has 1 aromatic rings. The van der Waals surface area contributed by atoms with Gasteiger partial charge in [-0.1, -0.05) is 12.1 Å². The van der Waals surface area contributed by atoms with Crippen molar-refractivity contribution >= 4 is 5.91 Å². The summed E-state index contributed by atoms with van der Waals surface area (Å²) in [6.07, 6.45) is 0.314. The molecular weight excluding hydrogens is 242 g/mol. The molecule has 0 aliphatic rings. The SMILES string of the molecule is Cc1cccc(OCCC(=O)N(C)C(C)CO)c1C. The Labute approximate surface area is 115 Å². The average molecular weight is 265 g/mol. The zero-order chi connectivity index (χ0) is 14.4. The summed E-state index contributed by atoms with van der Waals surface area (Å²) in [5, 5.41) is 9.00. The number of aliphatic hydroxyl groups excluding tert-OH is 1. The molecule has 106 valence electrons. The predicted molar refractivity (Wildman–Crippen MR) is 75.3 cm³/mol. The van der Waals surface area contributed by atoms with E-state index < -0.39 is 0 Å². The second kappa shape index (κ2) is 7.14. The van der Waals surface area contributed by atoms with Crippen LogP contribution in [-0.4, -0.2) is 42.2 Å². The van der Waals surface area contributed by atoms with Gasteiger partial charge in [0.2, 0.25) is 5.91 Å². The van der Waals surface area contributed by atoms with Gasteiger partial charge in [0.15, 0.2) is 0 Å². The zero-order valence-corrected chi connectivity index (χ0v) is 12.1. The van der Waals surface area contributed by atoms with Gasteiger partial charge in [-0.15, -0.1) is 0 Å². The van der Waals surface area contributed by atoms with Crippen LogP contribution in [0, 0.1) is 13.8 Å². The third kappa shape index (κ3) is 4.24. The fourth-order valence-electron chi connectivity index (χ4n) is 1.67. The van der Waals surface area contributed by atoms with Crippen LogP contribution in [0.1, 0.15) is 24.5 Å². The standard InChI is InChI=1S/C15H23NO3/c1-11-6-5-7-14(13(11)3)19-9-8-15(18)16(4)12(2)10-17/h5-7,12,17H,8-10H2,1-4H3. The Bertz CT molecular complexity index is 431. The minimum absolute atomic E-state index is 0.0214. The molecule has 1 amide bonds. The smallest absolute Gasteiger partial charge is 0.226 e. The van der Waals surface area contributed by atoms with Gasteiger partial charge in [0.25, 0.3) is 0 Å². The zero-order valence-electron chi connectivity index (χ0n) is 12.1. The van der Waals surface area contributed by atoms with Crippen LogP contribution >= 0.6 is 0 Å². The number of aliphatic hydroxyl groups is 1. The van der Waals surface area contributed by atoms with Gasteiger partial charge in [0.1, 0.15) is 5.75 Å². The van der Waals surface area contributed by atoms with E-state index in [1.807, 2.05) is 39.0 Å². The van der Waals surface area contributed by atoms with Gasteiger partial charge in [-0.3, -0.25) is 4.79 Å². The Morgan fingerprint density at radius 2 is 2.11 bits per heavy atom. The molecule has 0 aliphatic carbocycles. The molecule has 0 heterocycles. The van der Waals surface area contributed by atoms with Crippen molar-refractivity contribution in [3.8, 4) is 5.75 Å². The first-order valence-electron chi connectivity index (χ1n) is 6.53. The minimum atomic E-state index is -0.159. The highest BCUT2D eigenvalue weighted by Gasteiger charge is 2.14. The van der Waals surface area contributed by atoms with Crippen molar-refractivity contribution in [2.24, 2.45) is 0 Å². The lowest BCUT2D eigenvalue weighted by atomic mass is 10.1. The number of likely N-dealkylation sites (N-methyl/N-ethyl adjacent to an activating group) is 1. The van der Waals surface area contributed by atoms with Gasteiger partial charge in [-0.05, 0) is 38.0 Å². The van der Waals surface area contributed by atoms with Gasteiger partial charge in [0, 0.05) is 7.05 Å². The summed E-state index contributed by atoms with van der Waals surface area (Å²) in [5.41, 5.74) is 2.28. The van der Waals surface area contributed by atoms with Crippen LogP contribution in [0.2, 0.25) is 0 Å². The minimum Gasteiger partial charge on any atom is -0.493 e. The van der Waals surface area contributed by atoms with Gasteiger partial charge in [-0.25, -0.2) is 0 Å². The topological polar surface area (TPSA) is 49.8 Å². The maximum Gasteiger partial charge on any atom is 0.226 e. The normalized spacial score (nSPS) is 12.1. The molecular formula is C15H23NO3. The first-order chi connectivity index (χ1) is 8.97. The Balaban J connectivity index is 2.46. The number of hydrogen-bond donors (Lipinski definition) is 1. The highest BCUT2D eigenvalue weighted by Crippen LogP contribution is 2.20. The van der Waals surface area contributed by atoms with Crippen LogP contribution in [0.4, 0.5) is 0 Å². The lowest BCUT2D eigenvalue weighted by Crippen LogP contribution is -2.37. The summed E-state index contributed by atoms with van der Waals surface area (Å²) in [4.78, 5) is 13.4. The molecule has 0 radical (unpaired) electrons. The van der Waals surface area contributed by atoms with Gasteiger partial charge in [-0.2, -0.15) is 0 Å². The highest BCUT2D eigenvalue weighted by atomic mass is 16.5. The molecule has 0 aromatic heterocycles. The van der Waals surface area contributed by atoms with Crippen molar-refractivity contribution in [3.63, 3.8) is 0 Å². The van der Waals surface area contributed by atoms with Crippen LogP contribution in [-0.2, 0) is 4.79 Å². The van der Waals surface area contributed by atoms with Crippen LogP contribution in [0.3, 0.4) is 0 Å². The molecule has 0 spiro atoms. The number of amides is 1. The molecule has 1 unspecified atom stereocenters. The first-order valence-corrected chi connectivity index (χ1v) is 6.53. The summed E-state index contributed by atoms with van der Waals surface area (Å²) in [5.74, 6) is 0.803. The summed E-state index contributed by atoms with van der Waals surface area (Å²) in [6.45, 7) is 6.17. The molecule has 0 aliphatic heterocycles. The quantitative estimate of drug-likeness (QED) is 0.855. The Morgan fingerprint density at radius 3 is 2.74 bits per heavy atom. The number of rotatable bonds is 6. The lowest BCUT2D eigenvalue weighted by Gasteiger charge is -2.23. The second-order valence-corrected chi connectivity index (χ2v) is 4.83. The molecule has 0 saturated carbocycles. The highest BCUT2D eigenvalue weighted by molar-refractivity contribution is 5.76. The molecule has 19 heavy (non-hydrogen) atoms. The molecule has 0 saturated heterocycles. The Kier molecular flexibility index (Phi) is 5.83. The van der Waals surface area contributed by atoms with E-state index in [0.29, 0.717) is 13.0 Å². The lowest BCUT2D eigenvalue weighted by molar-refractivity contribution is -0.132. The molecule has 1 rings (SSSR count). The van der Waals surface area contributed by atoms with Gasteiger partial charge >= 0.3 is 0 Å². The van der Waals surface area contributed by atoms with E-state index >= 15 is 0 Å². The maximum absolute atomic E-state index is 11.8. The maximum atomic E-state index is 11.8. The van der Waals surface area contributed by atoms with Crippen molar-refractivity contribution in [1.29, 1.82) is 0 Å². The number of benzene rings is 1. The van der Waals surface area contributed by atoms with Crippen molar-refractivity contribution in [2.75, 3.05) is 20.3 Å². The number of hydrogen-bond acceptors (Lipinski definition) is 3. The largest absolute Gasteiger partial charge is 0.493 e. The van der Waals surface area contributed by atoms with Crippen LogP contribution in [0.25, 0.3) is 0 Å². The van der Waals surface area contributed by atoms with Crippen LogP contribution < -0.4 is 4.74 Å². The molecule has 1 N–H and O–H groups in total. The molecule has 0 bridgehead atoms. The summed E-state index contributed by atoms with van der Waals surface area (Å²) in [6, 6.07) is 5.73. The van der Waals surface area contributed by atoms with E-state index in [0.717, 1.165) is 11.3 Å². The second-order valence-electron chi connectivity index (χ2n) is 4.83. The number of carbonyl (C=O) groups is 1. The molecule has 0 fully saturated rings. The van der Waals surface area contributed by atoms with Crippen molar-refractivity contribution < 1.29 is 14.6 Å². The average Bonchev–Trinajstić information content (AvgIpc) is 2.41. The van der Waals surface area contributed by atoms with Crippen molar-refractivity contribution in [1.82, 2.24) is 4.90 Å². The van der Waals surface area contributed by atoms with Crippen LogP contribution in [0.15, 0.2) is 18.2 Å².